The molecule has 1 N–H and O–H groups in total. The van der Waals surface area contributed by atoms with E-state index in [2.05, 4.69) is 30.8 Å². The fraction of sp³-hybridized carbons (Fsp3) is 0.211. The number of imidazole rings is 1. The van der Waals surface area contributed by atoms with E-state index in [-0.39, 0.29) is 5.91 Å². The third-order valence-corrected chi connectivity index (χ3v) is 6.29. The fourth-order valence-electron chi connectivity index (χ4n) is 3.29. The molecule has 0 radical (unpaired) electrons. The van der Waals surface area contributed by atoms with Gasteiger partial charge in [-0.3, -0.25) is 15.0 Å². The predicted molar refractivity (Wildman–Crippen MR) is 107 cm³/mol. The van der Waals surface area contributed by atoms with Gasteiger partial charge in [-0.05, 0) is 23.6 Å². The molecule has 0 spiro atoms. The van der Waals surface area contributed by atoms with E-state index in [1.165, 1.54) is 16.2 Å². The summed E-state index contributed by atoms with van der Waals surface area (Å²) < 4.78 is 2.05. The number of thiophene rings is 1. The lowest BCUT2D eigenvalue weighted by Crippen LogP contribution is -2.29. The highest BCUT2D eigenvalue weighted by molar-refractivity contribution is 7.16. The van der Waals surface area contributed by atoms with Crippen molar-refractivity contribution in [1.29, 1.82) is 0 Å². The van der Waals surface area contributed by atoms with Crippen molar-refractivity contribution >= 4 is 39.4 Å². The van der Waals surface area contributed by atoms with Crippen LogP contribution in [0.3, 0.4) is 0 Å². The molecule has 8 heteroatoms. The van der Waals surface area contributed by atoms with Gasteiger partial charge in [0.2, 0.25) is 0 Å². The van der Waals surface area contributed by atoms with Crippen LogP contribution in [0.15, 0.2) is 47.4 Å². The summed E-state index contributed by atoms with van der Waals surface area (Å²) in [5.41, 5.74) is 3.83. The first-order valence-corrected chi connectivity index (χ1v) is 10.5. The quantitative estimate of drug-likeness (QED) is 0.573. The molecule has 5 heterocycles. The Morgan fingerprint density at radius 1 is 1.26 bits per heavy atom. The monoisotopic (exact) mass is 395 g/mol. The SMILES string of the molecule is O=C(Nc1nc2c(s1)CN(Cc1cn3ccccc3n1)CC2)c1ccsc1. The molecule has 1 aliphatic heterocycles. The van der Waals surface area contributed by atoms with Gasteiger partial charge >= 0.3 is 0 Å². The Bertz CT molecular complexity index is 1070. The maximum atomic E-state index is 12.2. The van der Waals surface area contributed by atoms with Gasteiger partial charge in [-0.25, -0.2) is 9.97 Å². The minimum absolute atomic E-state index is 0.0936. The fourth-order valence-corrected chi connectivity index (χ4v) is 4.97. The number of carbonyl (C=O) groups excluding carboxylic acids is 1. The Labute approximate surface area is 164 Å². The predicted octanol–water partition coefficient (Wildman–Crippen LogP) is 3.66. The minimum Gasteiger partial charge on any atom is -0.307 e. The summed E-state index contributed by atoms with van der Waals surface area (Å²) in [5, 5.41) is 7.36. The second-order valence-corrected chi connectivity index (χ2v) is 8.38. The molecule has 4 aromatic rings. The average Bonchev–Trinajstić information content (AvgIpc) is 3.40. The summed E-state index contributed by atoms with van der Waals surface area (Å²) in [7, 11) is 0. The number of anilines is 1. The van der Waals surface area contributed by atoms with E-state index in [9.17, 15) is 4.79 Å². The number of aromatic nitrogens is 3. The van der Waals surface area contributed by atoms with Crippen LogP contribution in [-0.4, -0.2) is 31.7 Å². The first-order chi connectivity index (χ1) is 13.2. The van der Waals surface area contributed by atoms with E-state index in [4.69, 9.17) is 0 Å². The summed E-state index contributed by atoms with van der Waals surface area (Å²) in [4.78, 5) is 25.1. The highest BCUT2D eigenvalue weighted by atomic mass is 32.1. The Morgan fingerprint density at radius 3 is 3.07 bits per heavy atom. The molecule has 0 atom stereocenters. The molecule has 27 heavy (non-hydrogen) atoms. The number of fused-ring (bicyclic) bond motifs is 2. The molecule has 0 bridgehead atoms. The Balaban J connectivity index is 1.28. The van der Waals surface area contributed by atoms with Gasteiger partial charge in [0.1, 0.15) is 5.65 Å². The Kier molecular flexibility index (Phi) is 4.23. The molecule has 6 nitrogen and oxygen atoms in total. The minimum atomic E-state index is -0.0936. The van der Waals surface area contributed by atoms with Crippen LogP contribution >= 0.6 is 22.7 Å². The standard InChI is InChI=1S/C19H17N5OS2/c25-18(13-5-8-26-12-13)22-19-21-15-4-7-23(11-16(15)27-19)9-14-10-24-6-2-1-3-17(24)20-14/h1-3,5-6,8,10,12H,4,7,9,11H2,(H,21,22,25). The number of nitrogens with one attached hydrogen (secondary N) is 1. The van der Waals surface area contributed by atoms with Crippen LogP contribution in [0.1, 0.15) is 26.6 Å². The number of nitrogens with zero attached hydrogens (tertiary/aromatic N) is 4. The van der Waals surface area contributed by atoms with Crippen LogP contribution in [0.2, 0.25) is 0 Å². The topological polar surface area (TPSA) is 62.5 Å². The largest absolute Gasteiger partial charge is 0.307 e. The van der Waals surface area contributed by atoms with Crippen LogP contribution in [0.4, 0.5) is 5.13 Å². The molecule has 1 amide bonds. The summed E-state index contributed by atoms with van der Waals surface area (Å²) in [5.74, 6) is -0.0936. The lowest BCUT2D eigenvalue weighted by Gasteiger charge is -2.24. The van der Waals surface area contributed by atoms with Crippen LogP contribution in [0.25, 0.3) is 5.65 Å². The number of hydrogen-bond acceptors (Lipinski definition) is 6. The second kappa shape index (κ2) is 6.88. The van der Waals surface area contributed by atoms with Crippen molar-refractivity contribution in [3.05, 3.63) is 69.2 Å². The highest BCUT2D eigenvalue weighted by Gasteiger charge is 2.22. The molecule has 0 aliphatic carbocycles. The summed E-state index contributed by atoms with van der Waals surface area (Å²) in [6.45, 7) is 2.60. The Hall–Kier alpha value is -2.55. The number of pyridine rings is 1. The molecule has 0 saturated heterocycles. The molecule has 4 aromatic heterocycles. The van der Waals surface area contributed by atoms with Crippen molar-refractivity contribution in [1.82, 2.24) is 19.3 Å². The van der Waals surface area contributed by atoms with Crippen molar-refractivity contribution in [3.8, 4) is 0 Å². The number of carbonyl (C=O) groups is 1. The summed E-state index contributed by atoms with van der Waals surface area (Å²) in [6.07, 6.45) is 5.00. The third-order valence-electron chi connectivity index (χ3n) is 4.61. The zero-order valence-corrected chi connectivity index (χ0v) is 16.1. The van der Waals surface area contributed by atoms with Gasteiger partial charge in [0, 0.05) is 48.7 Å². The van der Waals surface area contributed by atoms with E-state index in [0.29, 0.717) is 10.7 Å². The lowest BCUT2D eigenvalue weighted by molar-refractivity contribution is 0.102. The van der Waals surface area contributed by atoms with Crippen molar-refractivity contribution < 1.29 is 4.79 Å². The maximum Gasteiger partial charge on any atom is 0.258 e. The number of thiazole rings is 1. The summed E-state index contributed by atoms with van der Waals surface area (Å²) in [6, 6.07) is 7.85. The number of rotatable bonds is 4. The third kappa shape index (κ3) is 3.39. The number of amides is 1. The molecule has 136 valence electrons. The first kappa shape index (κ1) is 16.6. The van der Waals surface area contributed by atoms with Crippen molar-refractivity contribution in [2.75, 3.05) is 11.9 Å². The second-order valence-electron chi connectivity index (χ2n) is 6.51. The van der Waals surface area contributed by atoms with Crippen molar-refractivity contribution in [3.63, 3.8) is 0 Å². The lowest BCUT2D eigenvalue weighted by atomic mass is 10.2. The van der Waals surface area contributed by atoms with E-state index in [0.717, 1.165) is 43.1 Å². The van der Waals surface area contributed by atoms with Crippen molar-refractivity contribution in [2.45, 2.75) is 19.5 Å². The van der Waals surface area contributed by atoms with Crippen LogP contribution < -0.4 is 5.32 Å². The van der Waals surface area contributed by atoms with E-state index < -0.39 is 0 Å². The zero-order valence-electron chi connectivity index (χ0n) is 14.5. The van der Waals surface area contributed by atoms with Crippen molar-refractivity contribution in [2.24, 2.45) is 0 Å². The van der Waals surface area contributed by atoms with Gasteiger partial charge < -0.3 is 4.40 Å². The van der Waals surface area contributed by atoms with Gasteiger partial charge in [-0.1, -0.05) is 6.07 Å². The van der Waals surface area contributed by atoms with E-state index >= 15 is 0 Å². The normalized spacial score (nSPS) is 14.4. The van der Waals surface area contributed by atoms with E-state index in [1.54, 1.807) is 11.3 Å². The molecular formula is C19H17N5OS2. The zero-order chi connectivity index (χ0) is 18.2. The van der Waals surface area contributed by atoms with Gasteiger partial charge in [0.15, 0.2) is 5.13 Å². The van der Waals surface area contributed by atoms with Crippen LogP contribution in [0.5, 0.6) is 0 Å². The smallest absolute Gasteiger partial charge is 0.258 e. The molecular weight excluding hydrogens is 378 g/mol. The van der Waals surface area contributed by atoms with Gasteiger partial charge in [0.25, 0.3) is 5.91 Å². The number of hydrogen-bond donors (Lipinski definition) is 1. The van der Waals surface area contributed by atoms with Crippen LogP contribution in [-0.2, 0) is 19.5 Å². The summed E-state index contributed by atoms with van der Waals surface area (Å²) >= 11 is 3.09. The van der Waals surface area contributed by atoms with Gasteiger partial charge in [0.05, 0.1) is 17.0 Å². The average molecular weight is 396 g/mol. The van der Waals surface area contributed by atoms with Gasteiger partial charge in [-0.2, -0.15) is 11.3 Å². The molecule has 0 unspecified atom stereocenters. The molecule has 5 rings (SSSR count). The maximum absolute atomic E-state index is 12.2. The highest BCUT2D eigenvalue weighted by Crippen LogP contribution is 2.29. The molecule has 1 aliphatic rings. The molecule has 0 fully saturated rings. The van der Waals surface area contributed by atoms with Gasteiger partial charge in [-0.15, -0.1) is 11.3 Å². The Morgan fingerprint density at radius 2 is 2.22 bits per heavy atom. The molecule has 0 aromatic carbocycles. The van der Waals surface area contributed by atoms with Crippen LogP contribution in [0, 0.1) is 0 Å². The first-order valence-electron chi connectivity index (χ1n) is 8.72. The molecule has 0 saturated carbocycles. The van der Waals surface area contributed by atoms with E-state index in [1.807, 2.05) is 41.2 Å².